The summed E-state index contributed by atoms with van der Waals surface area (Å²) in [5.41, 5.74) is 1.83. The van der Waals surface area contributed by atoms with Crippen molar-refractivity contribution >= 4 is 21.8 Å². The summed E-state index contributed by atoms with van der Waals surface area (Å²) in [5, 5.41) is 0. The second-order valence-electron chi connectivity index (χ2n) is 6.34. The van der Waals surface area contributed by atoms with Crippen molar-refractivity contribution in [1.82, 2.24) is 4.90 Å². The predicted molar refractivity (Wildman–Crippen MR) is 87.9 cm³/mol. The van der Waals surface area contributed by atoms with Gasteiger partial charge in [-0.05, 0) is 17.7 Å². The fraction of sp³-hybridized carbons (Fsp3) is 0.562. The molecule has 2 saturated heterocycles. The topological polar surface area (TPSA) is 66.9 Å². The molecule has 24 heavy (non-hydrogen) atoms. The SMILES string of the molecule is O=C1CC(CS(=O)(=O)F)CN1c1cccc(CN2CCOCC2)c1. The van der Waals surface area contributed by atoms with Crippen molar-refractivity contribution in [1.29, 1.82) is 0 Å². The summed E-state index contributed by atoms with van der Waals surface area (Å²) in [6.45, 7) is 4.23. The van der Waals surface area contributed by atoms with E-state index in [1.807, 2.05) is 24.3 Å². The lowest BCUT2D eigenvalue weighted by atomic mass is 10.1. The van der Waals surface area contributed by atoms with Gasteiger partial charge >= 0.3 is 10.2 Å². The molecule has 2 heterocycles. The number of rotatable bonds is 5. The van der Waals surface area contributed by atoms with E-state index in [2.05, 4.69) is 4.90 Å². The monoisotopic (exact) mass is 356 g/mol. The maximum atomic E-state index is 12.8. The Morgan fingerprint density at radius 2 is 2.00 bits per heavy atom. The van der Waals surface area contributed by atoms with Crippen molar-refractivity contribution in [3.8, 4) is 0 Å². The Kier molecular flexibility index (Phi) is 5.17. The van der Waals surface area contributed by atoms with Gasteiger partial charge < -0.3 is 9.64 Å². The molecule has 1 aromatic carbocycles. The summed E-state index contributed by atoms with van der Waals surface area (Å²) in [4.78, 5) is 16.0. The molecule has 6 nitrogen and oxygen atoms in total. The highest BCUT2D eigenvalue weighted by Gasteiger charge is 2.33. The zero-order valence-electron chi connectivity index (χ0n) is 13.4. The smallest absolute Gasteiger partial charge is 0.302 e. The number of ether oxygens (including phenoxy) is 1. The van der Waals surface area contributed by atoms with Gasteiger partial charge in [-0.15, -0.1) is 3.89 Å². The van der Waals surface area contributed by atoms with Gasteiger partial charge in [0.15, 0.2) is 0 Å². The Labute approximate surface area is 141 Å². The van der Waals surface area contributed by atoms with Gasteiger partial charge in [0.25, 0.3) is 0 Å². The van der Waals surface area contributed by atoms with Crippen LogP contribution in [-0.4, -0.2) is 57.8 Å². The first-order valence-corrected chi connectivity index (χ1v) is 9.58. The Morgan fingerprint density at radius 1 is 1.25 bits per heavy atom. The molecule has 8 heteroatoms. The second-order valence-corrected chi connectivity index (χ2v) is 7.75. The number of halogens is 1. The van der Waals surface area contributed by atoms with Gasteiger partial charge in [-0.2, -0.15) is 8.42 Å². The molecule has 2 fully saturated rings. The van der Waals surface area contributed by atoms with E-state index in [9.17, 15) is 17.1 Å². The molecule has 0 aliphatic carbocycles. The zero-order chi connectivity index (χ0) is 17.2. The fourth-order valence-electron chi connectivity index (χ4n) is 3.26. The molecule has 1 amide bonds. The highest BCUT2D eigenvalue weighted by atomic mass is 32.3. The third kappa shape index (κ3) is 4.52. The predicted octanol–water partition coefficient (Wildman–Crippen LogP) is 1.17. The lowest BCUT2D eigenvalue weighted by molar-refractivity contribution is -0.117. The quantitative estimate of drug-likeness (QED) is 0.741. The van der Waals surface area contributed by atoms with Crippen LogP contribution in [0.5, 0.6) is 0 Å². The van der Waals surface area contributed by atoms with E-state index in [-0.39, 0.29) is 18.9 Å². The lowest BCUT2D eigenvalue weighted by Crippen LogP contribution is -2.35. The molecule has 2 aliphatic heterocycles. The van der Waals surface area contributed by atoms with Crippen LogP contribution in [0.3, 0.4) is 0 Å². The van der Waals surface area contributed by atoms with E-state index in [1.54, 1.807) is 4.90 Å². The van der Waals surface area contributed by atoms with Crippen molar-refractivity contribution in [3.05, 3.63) is 29.8 Å². The summed E-state index contributed by atoms with van der Waals surface area (Å²) in [7, 11) is -4.56. The number of benzene rings is 1. The molecule has 0 radical (unpaired) electrons. The number of carbonyl (C=O) groups is 1. The largest absolute Gasteiger partial charge is 0.379 e. The Morgan fingerprint density at radius 3 is 2.71 bits per heavy atom. The second kappa shape index (κ2) is 7.16. The van der Waals surface area contributed by atoms with Crippen molar-refractivity contribution in [3.63, 3.8) is 0 Å². The van der Waals surface area contributed by atoms with Crippen LogP contribution in [0.4, 0.5) is 9.57 Å². The minimum Gasteiger partial charge on any atom is -0.379 e. The van der Waals surface area contributed by atoms with E-state index >= 15 is 0 Å². The van der Waals surface area contributed by atoms with Gasteiger partial charge in [-0.25, -0.2) is 0 Å². The minimum atomic E-state index is -4.56. The Bertz CT molecular complexity index is 704. The maximum Gasteiger partial charge on any atom is 0.302 e. The highest BCUT2D eigenvalue weighted by Crippen LogP contribution is 2.27. The van der Waals surface area contributed by atoms with E-state index in [1.165, 1.54) is 0 Å². The summed E-state index contributed by atoms with van der Waals surface area (Å²) < 4.78 is 39.8. The van der Waals surface area contributed by atoms with Crippen LogP contribution in [0, 0.1) is 5.92 Å². The van der Waals surface area contributed by atoms with E-state index in [4.69, 9.17) is 4.74 Å². The molecule has 3 rings (SSSR count). The number of amides is 1. The number of nitrogens with zero attached hydrogens (tertiary/aromatic N) is 2. The molecular weight excluding hydrogens is 335 g/mol. The zero-order valence-corrected chi connectivity index (χ0v) is 14.2. The standard InChI is InChI=1S/C16H21FN2O4S/c17-24(21,22)12-14-9-16(20)19(11-14)15-3-1-2-13(8-15)10-18-4-6-23-7-5-18/h1-3,8,14H,4-7,9-12H2. The molecule has 0 spiro atoms. The number of carbonyl (C=O) groups excluding carboxylic acids is 1. The fourth-order valence-corrected chi connectivity index (χ4v) is 4.05. The normalized spacial score (nSPS) is 23.0. The summed E-state index contributed by atoms with van der Waals surface area (Å²) in [6, 6.07) is 7.66. The molecule has 1 atom stereocenters. The van der Waals surface area contributed by atoms with E-state index in [0.717, 1.165) is 44.1 Å². The van der Waals surface area contributed by atoms with Crippen LogP contribution in [0.1, 0.15) is 12.0 Å². The van der Waals surface area contributed by atoms with Gasteiger partial charge in [0.2, 0.25) is 5.91 Å². The van der Waals surface area contributed by atoms with E-state index in [0.29, 0.717) is 0 Å². The average molecular weight is 356 g/mol. The Balaban J connectivity index is 1.68. The highest BCUT2D eigenvalue weighted by molar-refractivity contribution is 7.86. The molecule has 0 N–H and O–H groups in total. The van der Waals surface area contributed by atoms with Crippen LogP contribution in [-0.2, 0) is 26.3 Å². The van der Waals surface area contributed by atoms with Crippen molar-refractivity contribution in [2.75, 3.05) is 43.5 Å². The number of hydrogen-bond acceptors (Lipinski definition) is 5. The van der Waals surface area contributed by atoms with Crippen LogP contribution in [0.25, 0.3) is 0 Å². The van der Waals surface area contributed by atoms with Crippen LogP contribution >= 0.6 is 0 Å². The maximum absolute atomic E-state index is 12.8. The van der Waals surface area contributed by atoms with Crippen LogP contribution in [0.2, 0.25) is 0 Å². The molecule has 0 bridgehead atoms. The minimum absolute atomic E-state index is 0.0663. The lowest BCUT2D eigenvalue weighted by Gasteiger charge is -2.27. The first-order valence-electron chi connectivity index (χ1n) is 8.02. The molecular formula is C16H21FN2O4S. The van der Waals surface area contributed by atoms with Crippen molar-refractivity contribution in [2.45, 2.75) is 13.0 Å². The van der Waals surface area contributed by atoms with Crippen LogP contribution in [0.15, 0.2) is 24.3 Å². The van der Waals surface area contributed by atoms with Gasteiger partial charge in [0, 0.05) is 44.2 Å². The molecule has 1 aromatic rings. The number of morpholine rings is 1. The molecule has 1 unspecified atom stereocenters. The van der Waals surface area contributed by atoms with Crippen molar-refractivity contribution in [2.24, 2.45) is 5.92 Å². The molecule has 0 aromatic heterocycles. The third-order valence-electron chi connectivity index (χ3n) is 4.37. The first kappa shape index (κ1) is 17.3. The summed E-state index contributed by atoms with van der Waals surface area (Å²) in [6.07, 6.45) is 0.0663. The van der Waals surface area contributed by atoms with Gasteiger partial charge in [-0.3, -0.25) is 9.69 Å². The Hall–Kier alpha value is -1.51. The first-order chi connectivity index (χ1) is 11.4. The molecule has 2 aliphatic rings. The summed E-state index contributed by atoms with van der Waals surface area (Å²) in [5.74, 6) is -1.24. The third-order valence-corrected chi connectivity index (χ3v) is 5.24. The van der Waals surface area contributed by atoms with Crippen molar-refractivity contribution < 1.29 is 21.8 Å². The molecule has 132 valence electrons. The summed E-state index contributed by atoms with van der Waals surface area (Å²) >= 11 is 0. The van der Waals surface area contributed by atoms with E-state index < -0.39 is 21.9 Å². The van der Waals surface area contributed by atoms with Crippen LogP contribution < -0.4 is 4.90 Å². The van der Waals surface area contributed by atoms with Gasteiger partial charge in [0.1, 0.15) is 0 Å². The van der Waals surface area contributed by atoms with Gasteiger partial charge in [0.05, 0.1) is 19.0 Å². The van der Waals surface area contributed by atoms with Gasteiger partial charge in [-0.1, -0.05) is 12.1 Å². The number of anilines is 1. The number of hydrogen-bond donors (Lipinski definition) is 0. The molecule has 0 saturated carbocycles. The average Bonchev–Trinajstić information content (AvgIpc) is 2.87.